The molecule has 1 saturated carbocycles. The number of alkyl carbamates (subject to hydrolysis) is 1. The fourth-order valence-electron chi connectivity index (χ4n) is 6.24. The Morgan fingerprint density at radius 2 is 1.58 bits per heavy atom. The lowest BCUT2D eigenvalue weighted by atomic mass is 9.77. The highest BCUT2D eigenvalue weighted by atomic mass is 16.6. The Morgan fingerprint density at radius 3 is 2.10 bits per heavy atom. The number of amides is 1. The number of nitrogens with one attached hydrogen (secondary N) is 1. The molecule has 2 aromatic heterocycles. The molecule has 2 atom stereocenters. The molecule has 1 amide bonds. The van der Waals surface area contributed by atoms with Crippen molar-refractivity contribution < 1.29 is 38.3 Å². The van der Waals surface area contributed by atoms with Crippen LogP contribution in [0.2, 0.25) is 0 Å². The van der Waals surface area contributed by atoms with Gasteiger partial charge in [-0.2, -0.15) is 4.98 Å². The fraction of sp³-hybridized carbons (Fsp3) is 0.526. The molecule has 0 bridgehead atoms. The first kappa shape index (κ1) is 38.3. The predicted molar refractivity (Wildman–Crippen MR) is 196 cm³/mol. The Labute approximate surface area is 305 Å². The minimum atomic E-state index is -0.930. The van der Waals surface area contributed by atoms with Crippen LogP contribution in [-0.2, 0) is 17.8 Å². The number of rotatable bonds is 16. The number of carbonyl (C=O) groups excluding carboxylic acids is 1. The summed E-state index contributed by atoms with van der Waals surface area (Å²) in [6.07, 6.45) is 2.50. The minimum Gasteiger partial charge on any atom is -0.497 e. The van der Waals surface area contributed by atoms with E-state index >= 15 is 0 Å². The summed E-state index contributed by atoms with van der Waals surface area (Å²) in [5.74, 6) is 2.93. The van der Waals surface area contributed by atoms with Gasteiger partial charge in [-0.15, -0.1) is 5.10 Å². The Hall–Kier alpha value is -4.98. The van der Waals surface area contributed by atoms with Crippen LogP contribution in [0.4, 0.5) is 10.6 Å². The molecule has 4 aromatic rings. The number of imidazole rings is 1. The maximum absolute atomic E-state index is 12.3. The summed E-state index contributed by atoms with van der Waals surface area (Å²) in [6.45, 7) is 10.5. The number of carbonyl (C=O) groups is 1. The van der Waals surface area contributed by atoms with Crippen molar-refractivity contribution in [2.45, 2.75) is 97.2 Å². The molecule has 52 heavy (non-hydrogen) atoms. The standard InChI is InChI=1S/C38H52N6O8/c1-10-11-23(2)51-36-40-35(34-39-20-30(44(34)42-36)33(45)26-16-29(17-26)52-37(46)41-38(3,4)5)43(21-24-12-14-27(47-6)18-31(24)49-8)22-25-13-15-28(48-7)19-32(25)50-9/h12-15,18-20,23,26,29,33,45H,10-11,16-17,21-22H2,1-9H3,(H,41,46)/t23-,26?,29?,33-/m0/s1. The van der Waals surface area contributed by atoms with Crippen molar-refractivity contribution in [3.63, 3.8) is 0 Å². The van der Waals surface area contributed by atoms with Crippen LogP contribution in [0, 0.1) is 5.92 Å². The second-order valence-electron chi connectivity index (χ2n) is 14.1. The molecule has 282 valence electrons. The highest BCUT2D eigenvalue weighted by molar-refractivity contribution is 5.68. The number of nitrogens with zero attached hydrogens (tertiary/aromatic N) is 5. The number of methoxy groups -OCH3 is 4. The fourth-order valence-corrected chi connectivity index (χ4v) is 6.24. The largest absolute Gasteiger partial charge is 0.497 e. The van der Waals surface area contributed by atoms with Crippen LogP contribution >= 0.6 is 0 Å². The second-order valence-corrected chi connectivity index (χ2v) is 14.1. The maximum Gasteiger partial charge on any atom is 0.407 e. The lowest BCUT2D eigenvalue weighted by molar-refractivity contribution is -0.0407. The minimum absolute atomic E-state index is 0.150. The van der Waals surface area contributed by atoms with Crippen molar-refractivity contribution in [1.82, 2.24) is 24.9 Å². The van der Waals surface area contributed by atoms with E-state index < -0.39 is 17.7 Å². The number of hydrogen-bond acceptors (Lipinski definition) is 12. The molecule has 5 rings (SSSR count). The van der Waals surface area contributed by atoms with E-state index in [4.69, 9.17) is 43.5 Å². The molecule has 1 aliphatic rings. The summed E-state index contributed by atoms with van der Waals surface area (Å²) >= 11 is 0. The Bertz CT molecular complexity index is 1760. The first-order valence-electron chi connectivity index (χ1n) is 17.6. The zero-order chi connectivity index (χ0) is 37.6. The highest BCUT2D eigenvalue weighted by Gasteiger charge is 2.39. The third-order valence-electron chi connectivity index (χ3n) is 9.00. The molecule has 1 fully saturated rings. The van der Waals surface area contributed by atoms with E-state index in [0.29, 0.717) is 66.1 Å². The van der Waals surface area contributed by atoms with E-state index in [1.807, 2.05) is 69.0 Å². The van der Waals surface area contributed by atoms with Gasteiger partial charge in [-0.25, -0.2) is 14.3 Å². The van der Waals surface area contributed by atoms with Gasteiger partial charge in [0, 0.05) is 41.9 Å². The average molecular weight is 721 g/mol. The summed E-state index contributed by atoms with van der Waals surface area (Å²) in [5, 5.41) is 19.2. The Balaban J connectivity index is 1.55. The predicted octanol–water partition coefficient (Wildman–Crippen LogP) is 6.27. The van der Waals surface area contributed by atoms with Crippen LogP contribution in [-0.4, -0.2) is 77.0 Å². The number of aliphatic hydroxyl groups excluding tert-OH is 1. The molecular weight excluding hydrogens is 668 g/mol. The van der Waals surface area contributed by atoms with Crippen LogP contribution in [0.15, 0.2) is 42.6 Å². The number of benzene rings is 2. The molecule has 0 saturated heterocycles. The molecule has 14 heteroatoms. The normalized spacial score (nSPS) is 16.7. The van der Waals surface area contributed by atoms with Gasteiger partial charge in [-0.3, -0.25) is 0 Å². The number of aromatic nitrogens is 4. The quantitative estimate of drug-likeness (QED) is 0.134. The van der Waals surface area contributed by atoms with Crippen molar-refractivity contribution in [2.75, 3.05) is 33.3 Å². The van der Waals surface area contributed by atoms with Crippen LogP contribution in [0.1, 0.15) is 83.2 Å². The van der Waals surface area contributed by atoms with E-state index in [1.165, 1.54) is 0 Å². The maximum atomic E-state index is 12.3. The highest BCUT2D eigenvalue weighted by Crippen LogP contribution is 2.41. The molecule has 14 nitrogen and oxygen atoms in total. The van der Waals surface area contributed by atoms with Gasteiger partial charge < -0.3 is 43.7 Å². The van der Waals surface area contributed by atoms with Crippen LogP contribution in [0.5, 0.6) is 29.0 Å². The number of hydrogen-bond donors (Lipinski definition) is 2. The number of aliphatic hydroxyl groups is 1. The number of ether oxygens (including phenoxy) is 6. The van der Waals surface area contributed by atoms with Gasteiger partial charge in [0.1, 0.15) is 35.2 Å². The molecule has 0 unspecified atom stereocenters. The first-order valence-corrected chi connectivity index (χ1v) is 17.6. The monoisotopic (exact) mass is 720 g/mol. The zero-order valence-corrected chi connectivity index (χ0v) is 31.6. The molecule has 2 aromatic carbocycles. The van der Waals surface area contributed by atoms with E-state index in [9.17, 15) is 9.90 Å². The summed E-state index contributed by atoms with van der Waals surface area (Å²) in [6, 6.07) is 11.5. The van der Waals surface area contributed by atoms with E-state index in [0.717, 1.165) is 24.0 Å². The van der Waals surface area contributed by atoms with E-state index in [-0.39, 0.29) is 24.1 Å². The molecule has 0 aliphatic heterocycles. The molecule has 0 spiro atoms. The van der Waals surface area contributed by atoms with Crippen molar-refractivity contribution in [3.05, 3.63) is 59.4 Å². The SMILES string of the molecule is CCC[C@H](C)Oc1nc(N(Cc2ccc(OC)cc2OC)Cc2ccc(OC)cc2OC)c2ncc([C@@H](O)C3CC(OC(=O)NC(C)(C)C)C3)n2n1. The topological polar surface area (TPSA) is 151 Å². The number of anilines is 1. The molecular formula is C38H52N6O8. The second kappa shape index (κ2) is 16.6. The molecule has 2 N–H and O–H groups in total. The lowest BCUT2D eigenvalue weighted by Gasteiger charge is -2.37. The van der Waals surface area contributed by atoms with Gasteiger partial charge in [0.15, 0.2) is 11.5 Å². The van der Waals surface area contributed by atoms with E-state index in [1.54, 1.807) is 39.2 Å². The third-order valence-corrected chi connectivity index (χ3v) is 9.00. The first-order chi connectivity index (χ1) is 24.9. The zero-order valence-electron chi connectivity index (χ0n) is 31.6. The van der Waals surface area contributed by atoms with Gasteiger partial charge in [-0.1, -0.05) is 13.3 Å². The van der Waals surface area contributed by atoms with Gasteiger partial charge in [0.2, 0.25) is 0 Å². The molecule has 2 heterocycles. The van der Waals surface area contributed by atoms with E-state index in [2.05, 4.69) is 12.2 Å². The number of fused-ring (bicyclic) bond motifs is 1. The van der Waals surface area contributed by atoms with Crippen molar-refractivity contribution in [1.29, 1.82) is 0 Å². The van der Waals surface area contributed by atoms with Crippen molar-refractivity contribution in [3.8, 4) is 29.0 Å². The van der Waals surface area contributed by atoms with Gasteiger partial charge in [-0.05, 0) is 77.1 Å². The van der Waals surface area contributed by atoms with Crippen LogP contribution < -0.4 is 33.9 Å². The van der Waals surface area contributed by atoms with Crippen LogP contribution in [0.25, 0.3) is 5.65 Å². The smallest absolute Gasteiger partial charge is 0.407 e. The summed E-state index contributed by atoms with van der Waals surface area (Å²) in [4.78, 5) is 24.1. The summed E-state index contributed by atoms with van der Waals surface area (Å²) < 4.78 is 36.0. The summed E-state index contributed by atoms with van der Waals surface area (Å²) in [5.41, 5.74) is 2.25. The van der Waals surface area contributed by atoms with Gasteiger partial charge >= 0.3 is 12.1 Å². The van der Waals surface area contributed by atoms with Gasteiger partial charge in [0.05, 0.1) is 46.4 Å². The van der Waals surface area contributed by atoms with Gasteiger partial charge in [0.25, 0.3) is 0 Å². The average Bonchev–Trinajstić information content (AvgIpc) is 3.52. The van der Waals surface area contributed by atoms with Crippen LogP contribution in [0.3, 0.4) is 0 Å². The third kappa shape index (κ3) is 9.08. The Kier molecular flexibility index (Phi) is 12.2. The van der Waals surface area contributed by atoms with Crippen molar-refractivity contribution >= 4 is 17.6 Å². The van der Waals surface area contributed by atoms with Crippen molar-refractivity contribution in [2.24, 2.45) is 5.92 Å². The molecule has 0 radical (unpaired) electrons. The summed E-state index contributed by atoms with van der Waals surface area (Å²) in [7, 11) is 6.46. The molecule has 1 aliphatic carbocycles. The lowest BCUT2D eigenvalue weighted by Crippen LogP contribution is -2.45. The Morgan fingerprint density at radius 1 is 0.981 bits per heavy atom.